The molecule has 0 aromatic rings. The van der Waals surface area contributed by atoms with Crippen molar-refractivity contribution < 1.29 is 0 Å². The molecule has 3 fully saturated rings. The number of rotatable bonds is 3. The third-order valence-corrected chi connectivity index (χ3v) is 5.46. The van der Waals surface area contributed by atoms with Crippen LogP contribution in [-0.4, -0.2) is 61.2 Å². The van der Waals surface area contributed by atoms with Gasteiger partial charge in [0.1, 0.15) is 0 Å². The first-order valence-corrected chi connectivity index (χ1v) is 7.93. The van der Waals surface area contributed by atoms with E-state index in [2.05, 4.69) is 29.0 Å². The Balaban J connectivity index is 1.54. The van der Waals surface area contributed by atoms with Gasteiger partial charge in [-0.3, -0.25) is 9.80 Å². The first kappa shape index (κ1) is 12.9. The van der Waals surface area contributed by atoms with E-state index in [0.717, 1.165) is 23.9 Å². The lowest BCUT2D eigenvalue weighted by Gasteiger charge is -2.49. The minimum absolute atomic E-state index is 0.759. The SMILES string of the molecule is CC(CN1CC2CCCCN2CC1C)C1CNC1. The summed E-state index contributed by atoms with van der Waals surface area (Å²) in [6.07, 6.45) is 4.31. The molecule has 3 rings (SSSR count). The van der Waals surface area contributed by atoms with Crippen LogP contribution in [0.25, 0.3) is 0 Å². The van der Waals surface area contributed by atoms with Crippen LogP contribution >= 0.6 is 0 Å². The van der Waals surface area contributed by atoms with Gasteiger partial charge in [-0.15, -0.1) is 0 Å². The van der Waals surface area contributed by atoms with Gasteiger partial charge in [0, 0.05) is 31.7 Å². The number of fused-ring (bicyclic) bond motifs is 1. The zero-order valence-electron chi connectivity index (χ0n) is 12.1. The van der Waals surface area contributed by atoms with E-state index in [1.54, 1.807) is 0 Å². The van der Waals surface area contributed by atoms with Crippen molar-refractivity contribution in [2.45, 2.75) is 45.2 Å². The summed E-state index contributed by atoms with van der Waals surface area (Å²) in [5, 5.41) is 3.41. The number of piperidine rings is 1. The van der Waals surface area contributed by atoms with E-state index >= 15 is 0 Å². The van der Waals surface area contributed by atoms with Crippen LogP contribution in [0.5, 0.6) is 0 Å². The van der Waals surface area contributed by atoms with Gasteiger partial charge in [-0.2, -0.15) is 0 Å². The molecule has 3 heteroatoms. The van der Waals surface area contributed by atoms with Crippen molar-refractivity contribution >= 4 is 0 Å². The molecule has 0 radical (unpaired) electrons. The lowest BCUT2D eigenvalue weighted by molar-refractivity contribution is 0.00216. The molecule has 0 aliphatic carbocycles. The molecule has 3 saturated heterocycles. The van der Waals surface area contributed by atoms with Crippen molar-refractivity contribution in [1.29, 1.82) is 0 Å². The highest BCUT2D eigenvalue weighted by molar-refractivity contribution is 4.91. The number of piperazine rings is 1. The zero-order valence-corrected chi connectivity index (χ0v) is 12.1. The number of hydrogen-bond acceptors (Lipinski definition) is 3. The van der Waals surface area contributed by atoms with Gasteiger partial charge in [0.05, 0.1) is 0 Å². The summed E-state index contributed by atoms with van der Waals surface area (Å²) < 4.78 is 0. The van der Waals surface area contributed by atoms with E-state index in [0.29, 0.717) is 0 Å². The molecule has 18 heavy (non-hydrogen) atoms. The molecule has 0 aromatic carbocycles. The maximum Gasteiger partial charge on any atom is 0.0223 e. The van der Waals surface area contributed by atoms with Crippen molar-refractivity contribution in [3.63, 3.8) is 0 Å². The van der Waals surface area contributed by atoms with Crippen molar-refractivity contribution in [1.82, 2.24) is 15.1 Å². The number of hydrogen-bond donors (Lipinski definition) is 1. The van der Waals surface area contributed by atoms with Gasteiger partial charge in [0.2, 0.25) is 0 Å². The van der Waals surface area contributed by atoms with E-state index < -0.39 is 0 Å². The predicted octanol–water partition coefficient (Wildman–Crippen LogP) is 1.40. The maximum absolute atomic E-state index is 3.41. The average Bonchev–Trinajstić information content (AvgIpc) is 2.27. The van der Waals surface area contributed by atoms with E-state index in [1.165, 1.54) is 58.5 Å². The summed E-state index contributed by atoms with van der Waals surface area (Å²) >= 11 is 0. The third-order valence-electron chi connectivity index (χ3n) is 5.46. The molecule has 104 valence electrons. The summed E-state index contributed by atoms with van der Waals surface area (Å²) in [5.41, 5.74) is 0. The van der Waals surface area contributed by atoms with Crippen molar-refractivity contribution in [3.8, 4) is 0 Å². The Morgan fingerprint density at radius 1 is 1.22 bits per heavy atom. The first-order chi connectivity index (χ1) is 8.74. The third kappa shape index (κ3) is 2.59. The Morgan fingerprint density at radius 3 is 2.78 bits per heavy atom. The highest BCUT2D eigenvalue weighted by Gasteiger charge is 2.34. The zero-order chi connectivity index (χ0) is 12.5. The Morgan fingerprint density at radius 2 is 2.06 bits per heavy atom. The van der Waals surface area contributed by atoms with Gasteiger partial charge < -0.3 is 5.32 Å². The molecule has 3 unspecified atom stereocenters. The van der Waals surface area contributed by atoms with E-state index in [9.17, 15) is 0 Å². The molecule has 3 nitrogen and oxygen atoms in total. The summed E-state index contributed by atoms with van der Waals surface area (Å²) in [7, 11) is 0. The molecule has 0 spiro atoms. The lowest BCUT2D eigenvalue weighted by Crippen LogP contribution is -2.60. The van der Waals surface area contributed by atoms with Crippen LogP contribution in [0.15, 0.2) is 0 Å². The van der Waals surface area contributed by atoms with Crippen LogP contribution in [0.3, 0.4) is 0 Å². The van der Waals surface area contributed by atoms with Gasteiger partial charge in [-0.05, 0) is 51.2 Å². The molecule has 0 saturated carbocycles. The van der Waals surface area contributed by atoms with Gasteiger partial charge >= 0.3 is 0 Å². The minimum Gasteiger partial charge on any atom is -0.316 e. The van der Waals surface area contributed by atoms with Crippen molar-refractivity contribution in [2.75, 3.05) is 39.3 Å². The van der Waals surface area contributed by atoms with Crippen LogP contribution in [0.1, 0.15) is 33.1 Å². The molecule has 0 amide bonds. The highest BCUT2D eigenvalue weighted by Crippen LogP contribution is 2.26. The quantitative estimate of drug-likeness (QED) is 0.818. The Labute approximate surface area is 112 Å². The van der Waals surface area contributed by atoms with Gasteiger partial charge in [-0.25, -0.2) is 0 Å². The Kier molecular flexibility index (Phi) is 3.92. The molecular formula is C15H29N3. The largest absolute Gasteiger partial charge is 0.316 e. The molecule has 3 atom stereocenters. The molecule has 3 aliphatic heterocycles. The van der Waals surface area contributed by atoms with E-state index in [1.807, 2.05) is 0 Å². The summed E-state index contributed by atoms with van der Waals surface area (Å²) in [6, 6.07) is 1.62. The summed E-state index contributed by atoms with van der Waals surface area (Å²) in [6.45, 7) is 12.7. The normalized spacial score (nSPS) is 37.0. The molecular weight excluding hydrogens is 222 g/mol. The van der Waals surface area contributed by atoms with Gasteiger partial charge in [0.15, 0.2) is 0 Å². The average molecular weight is 251 g/mol. The van der Waals surface area contributed by atoms with E-state index in [-0.39, 0.29) is 0 Å². The second-order valence-corrected chi connectivity index (χ2v) is 6.84. The topological polar surface area (TPSA) is 18.5 Å². The summed E-state index contributed by atoms with van der Waals surface area (Å²) in [4.78, 5) is 5.52. The van der Waals surface area contributed by atoms with E-state index in [4.69, 9.17) is 0 Å². The molecule has 0 aromatic heterocycles. The van der Waals surface area contributed by atoms with Crippen LogP contribution in [0.4, 0.5) is 0 Å². The fraction of sp³-hybridized carbons (Fsp3) is 1.00. The lowest BCUT2D eigenvalue weighted by atomic mass is 9.87. The smallest absolute Gasteiger partial charge is 0.0223 e. The number of nitrogens with one attached hydrogen (secondary N) is 1. The molecule has 3 aliphatic rings. The monoisotopic (exact) mass is 251 g/mol. The highest BCUT2D eigenvalue weighted by atomic mass is 15.3. The van der Waals surface area contributed by atoms with Crippen LogP contribution in [-0.2, 0) is 0 Å². The van der Waals surface area contributed by atoms with Gasteiger partial charge in [0.25, 0.3) is 0 Å². The van der Waals surface area contributed by atoms with Crippen molar-refractivity contribution in [3.05, 3.63) is 0 Å². The van der Waals surface area contributed by atoms with Crippen LogP contribution < -0.4 is 5.32 Å². The first-order valence-electron chi connectivity index (χ1n) is 7.93. The predicted molar refractivity (Wildman–Crippen MR) is 75.8 cm³/mol. The second kappa shape index (κ2) is 5.48. The Bertz CT molecular complexity index is 275. The molecule has 0 bridgehead atoms. The van der Waals surface area contributed by atoms with Gasteiger partial charge in [-0.1, -0.05) is 13.3 Å². The standard InChI is InChI=1S/C15H29N3/c1-12(14-7-16-8-14)9-18-11-15-5-3-4-6-17(15)10-13(18)2/h12-16H,3-11H2,1-2H3. The fourth-order valence-corrected chi connectivity index (χ4v) is 3.90. The molecule has 1 N–H and O–H groups in total. The minimum atomic E-state index is 0.759. The second-order valence-electron chi connectivity index (χ2n) is 6.84. The number of nitrogens with zero attached hydrogens (tertiary/aromatic N) is 2. The van der Waals surface area contributed by atoms with Crippen molar-refractivity contribution in [2.24, 2.45) is 11.8 Å². The summed E-state index contributed by atoms with van der Waals surface area (Å²) in [5.74, 6) is 1.80. The van der Waals surface area contributed by atoms with Crippen LogP contribution in [0.2, 0.25) is 0 Å². The van der Waals surface area contributed by atoms with Crippen LogP contribution in [0, 0.1) is 11.8 Å². The maximum atomic E-state index is 3.41. The fourth-order valence-electron chi connectivity index (χ4n) is 3.90. The molecule has 3 heterocycles. The Hall–Kier alpha value is -0.120.